The van der Waals surface area contributed by atoms with E-state index in [2.05, 4.69) is 35.8 Å². The first-order valence-corrected chi connectivity index (χ1v) is 11.2. The molecule has 4 aromatic rings. The number of nitriles is 1. The molecule has 0 atom stereocenters. The zero-order valence-corrected chi connectivity index (χ0v) is 18.7. The third-order valence-electron chi connectivity index (χ3n) is 6.12. The highest BCUT2D eigenvalue weighted by molar-refractivity contribution is 5.88. The summed E-state index contributed by atoms with van der Waals surface area (Å²) < 4.78 is 22.4. The maximum Gasteiger partial charge on any atom is 0.127 e. The van der Waals surface area contributed by atoms with Gasteiger partial charge in [-0.1, -0.05) is 31.2 Å². The van der Waals surface area contributed by atoms with Crippen molar-refractivity contribution >= 4 is 16.6 Å². The lowest BCUT2D eigenvalue weighted by Crippen LogP contribution is -2.06. The summed E-state index contributed by atoms with van der Waals surface area (Å²) in [4.78, 5) is 4.84. The summed E-state index contributed by atoms with van der Waals surface area (Å²) in [5.41, 5.74) is 7.03. The van der Waals surface area contributed by atoms with Crippen molar-refractivity contribution in [2.45, 2.75) is 39.8 Å². The van der Waals surface area contributed by atoms with Gasteiger partial charge in [-0.05, 0) is 66.4 Å². The van der Waals surface area contributed by atoms with Crippen molar-refractivity contribution in [2.75, 3.05) is 0 Å². The number of hydrogen-bond acceptors (Lipinski definition) is 3. The fourth-order valence-electron chi connectivity index (χ4n) is 4.59. The smallest absolute Gasteiger partial charge is 0.127 e. The van der Waals surface area contributed by atoms with Crippen LogP contribution in [0.4, 0.5) is 4.39 Å². The number of halogens is 1. The predicted octanol–water partition coefficient (Wildman–Crippen LogP) is 6.41. The van der Waals surface area contributed by atoms with Crippen LogP contribution in [-0.2, 0) is 19.6 Å². The number of ether oxygens (including phenoxy) is 1. The van der Waals surface area contributed by atoms with Crippen LogP contribution in [0.2, 0.25) is 0 Å². The Morgan fingerprint density at radius 2 is 1.97 bits per heavy atom. The van der Waals surface area contributed by atoms with Crippen LogP contribution in [0.5, 0.6) is 5.75 Å². The molecule has 1 aromatic heterocycles. The molecule has 0 saturated heterocycles. The molecule has 164 valence electrons. The first-order valence-electron chi connectivity index (χ1n) is 11.2. The molecule has 0 amide bonds. The highest BCUT2D eigenvalue weighted by Gasteiger charge is 2.22. The van der Waals surface area contributed by atoms with Gasteiger partial charge in [-0.15, -0.1) is 0 Å². The van der Waals surface area contributed by atoms with Crippen LogP contribution in [0.1, 0.15) is 48.3 Å². The molecule has 1 aliphatic heterocycles. The zero-order valence-electron chi connectivity index (χ0n) is 18.7. The first kappa shape index (κ1) is 21.0. The molecule has 5 heteroatoms. The highest BCUT2D eigenvalue weighted by atomic mass is 19.1. The van der Waals surface area contributed by atoms with E-state index in [1.54, 1.807) is 13.0 Å². The Labute approximate surface area is 192 Å². The number of benzene rings is 3. The quantitative estimate of drug-likeness (QED) is 0.347. The number of aromatic nitrogens is 2. The topological polar surface area (TPSA) is 50.8 Å². The van der Waals surface area contributed by atoms with E-state index in [4.69, 9.17) is 9.72 Å². The van der Waals surface area contributed by atoms with Gasteiger partial charge in [0, 0.05) is 29.7 Å². The van der Waals surface area contributed by atoms with Crippen molar-refractivity contribution in [3.63, 3.8) is 0 Å². The highest BCUT2D eigenvalue weighted by Crippen LogP contribution is 2.39. The molecule has 0 saturated carbocycles. The second kappa shape index (κ2) is 8.55. The Morgan fingerprint density at radius 3 is 2.79 bits per heavy atom. The van der Waals surface area contributed by atoms with E-state index in [1.807, 2.05) is 24.3 Å². The van der Waals surface area contributed by atoms with Crippen molar-refractivity contribution in [2.24, 2.45) is 0 Å². The Bertz CT molecular complexity index is 1440. The van der Waals surface area contributed by atoms with Gasteiger partial charge in [-0.25, -0.2) is 9.37 Å². The summed E-state index contributed by atoms with van der Waals surface area (Å²) in [7, 11) is 0. The van der Waals surface area contributed by atoms with Gasteiger partial charge < -0.3 is 9.30 Å². The number of nitrogens with zero attached hydrogens (tertiary/aromatic N) is 3. The van der Waals surface area contributed by atoms with E-state index < -0.39 is 0 Å². The van der Waals surface area contributed by atoms with Crippen molar-refractivity contribution in [3.05, 3.63) is 100 Å². The Balaban J connectivity index is 1.60. The SMILES string of the molecule is CCCc1nc2ccccc2n1Cc1ccc2c(c1)COc1ccc(F)cc1/C2=C(\C)C#N. The van der Waals surface area contributed by atoms with E-state index >= 15 is 0 Å². The number of allylic oxidation sites excluding steroid dienone is 1. The van der Waals surface area contributed by atoms with E-state index in [9.17, 15) is 9.65 Å². The first-order chi connectivity index (χ1) is 16.1. The summed E-state index contributed by atoms with van der Waals surface area (Å²) >= 11 is 0. The summed E-state index contributed by atoms with van der Waals surface area (Å²) in [6.07, 6.45) is 1.94. The van der Waals surface area contributed by atoms with Gasteiger partial charge in [-0.2, -0.15) is 5.26 Å². The lowest BCUT2D eigenvalue weighted by molar-refractivity contribution is 0.306. The van der Waals surface area contributed by atoms with Crippen LogP contribution in [0.15, 0.2) is 66.2 Å². The molecular weight excluding hydrogens is 413 g/mol. The average molecular weight is 438 g/mol. The second-order valence-electron chi connectivity index (χ2n) is 8.39. The number of hydrogen-bond donors (Lipinski definition) is 0. The number of aryl methyl sites for hydroxylation is 1. The molecule has 33 heavy (non-hydrogen) atoms. The van der Waals surface area contributed by atoms with Crippen LogP contribution < -0.4 is 4.74 Å². The maximum atomic E-state index is 14.1. The normalized spacial score (nSPS) is 14.1. The van der Waals surface area contributed by atoms with E-state index in [0.717, 1.165) is 52.0 Å². The molecule has 3 aromatic carbocycles. The third kappa shape index (κ3) is 3.78. The third-order valence-corrected chi connectivity index (χ3v) is 6.12. The summed E-state index contributed by atoms with van der Waals surface area (Å²) in [6, 6.07) is 21.2. The van der Waals surface area contributed by atoms with Crippen molar-refractivity contribution in [1.82, 2.24) is 9.55 Å². The average Bonchev–Trinajstić information content (AvgIpc) is 3.07. The van der Waals surface area contributed by atoms with Crippen molar-refractivity contribution < 1.29 is 9.13 Å². The number of fused-ring (bicyclic) bond motifs is 3. The molecule has 0 spiro atoms. The minimum atomic E-state index is -0.351. The van der Waals surface area contributed by atoms with Crippen LogP contribution in [-0.4, -0.2) is 9.55 Å². The predicted molar refractivity (Wildman–Crippen MR) is 127 cm³/mol. The number of imidazole rings is 1. The standard InChI is InChI=1S/C28H24FN3O/c1-3-6-27-31-24-7-4-5-8-25(24)32(27)16-19-9-11-22-20(13-19)17-33-26-12-10-21(29)14-23(26)28(22)18(2)15-30/h4-5,7-14H,3,6,16-17H2,1-2H3/b28-18+. The van der Waals surface area contributed by atoms with Gasteiger partial charge in [-0.3, -0.25) is 0 Å². The lowest BCUT2D eigenvalue weighted by Gasteiger charge is -2.14. The lowest BCUT2D eigenvalue weighted by atomic mass is 9.90. The molecule has 2 heterocycles. The van der Waals surface area contributed by atoms with Gasteiger partial charge in [0.05, 0.1) is 17.1 Å². The Kier molecular flexibility index (Phi) is 5.43. The van der Waals surface area contributed by atoms with Gasteiger partial charge in [0.1, 0.15) is 24.0 Å². The molecular formula is C28H24FN3O. The molecule has 0 fully saturated rings. The molecule has 1 aliphatic rings. The summed E-state index contributed by atoms with van der Waals surface area (Å²) in [5.74, 6) is 1.31. The number of rotatable bonds is 4. The molecule has 0 N–H and O–H groups in total. The van der Waals surface area contributed by atoms with Crippen LogP contribution >= 0.6 is 0 Å². The zero-order chi connectivity index (χ0) is 22.9. The van der Waals surface area contributed by atoms with Crippen LogP contribution in [0.25, 0.3) is 16.6 Å². The second-order valence-corrected chi connectivity index (χ2v) is 8.39. The molecule has 0 unspecified atom stereocenters. The van der Waals surface area contributed by atoms with Gasteiger partial charge >= 0.3 is 0 Å². The maximum absolute atomic E-state index is 14.1. The minimum absolute atomic E-state index is 0.351. The Hall–Kier alpha value is -3.91. The van der Waals surface area contributed by atoms with Crippen LogP contribution in [0.3, 0.4) is 0 Å². The molecule has 5 rings (SSSR count). The summed E-state index contributed by atoms with van der Waals surface area (Å²) in [6.45, 7) is 4.98. The fraction of sp³-hybridized carbons (Fsp3) is 0.214. The van der Waals surface area contributed by atoms with Gasteiger partial charge in [0.25, 0.3) is 0 Å². The fourth-order valence-corrected chi connectivity index (χ4v) is 4.59. The Morgan fingerprint density at radius 1 is 1.12 bits per heavy atom. The minimum Gasteiger partial charge on any atom is -0.488 e. The van der Waals surface area contributed by atoms with Crippen molar-refractivity contribution in [3.8, 4) is 11.8 Å². The molecule has 4 nitrogen and oxygen atoms in total. The monoisotopic (exact) mass is 437 g/mol. The molecule has 0 bridgehead atoms. The van der Waals surface area contributed by atoms with E-state index in [-0.39, 0.29) is 5.82 Å². The van der Waals surface area contributed by atoms with Gasteiger partial charge in [0.2, 0.25) is 0 Å². The van der Waals surface area contributed by atoms with E-state index in [0.29, 0.717) is 30.0 Å². The largest absolute Gasteiger partial charge is 0.488 e. The molecule has 0 radical (unpaired) electrons. The summed E-state index contributed by atoms with van der Waals surface area (Å²) in [5, 5.41) is 9.65. The molecule has 0 aliphatic carbocycles. The number of para-hydroxylation sites is 2. The van der Waals surface area contributed by atoms with Gasteiger partial charge in [0.15, 0.2) is 0 Å². The van der Waals surface area contributed by atoms with Crippen molar-refractivity contribution in [1.29, 1.82) is 5.26 Å². The van der Waals surface area contributed by atoms with Crippen LogP contribution in [0, 0.1) is 17.1 Å². The van der Waals surface area contributed by atoms with E-state index in [1.165, 1.54) is 12.1 Å².